The van der Waals surface area contributed by atoms with E-state index in [-0.39, 0.29) is 17.2 Å². The van der Waals surface area contributed by atoms with E-state index in [1.807, 2.05) is 0 Å². The molecular formula is C23H21F3N2O3. The summed E-state index contributed by atoms with van der Waals surface area (Å²) in [4.78, 5) is 23.5. The third kappa shape index (κ3) is 4.79. The van der Waals surface area contributed by atoms with Gasteiger partial charge in [-0.05, 0) is 56.2 Å². The van der Waals surface area contributed by atoms with E-state index in [2.05, 4.69) is 5.32 Å². The Kier molecular flexibility index (Phi) is 6.19. The van der Waals surface area contributed by atoms with Crippen molar-refractivity contribution in [2.24, 2.45) is 0 Å². The van der Waals surface area contributed by atoms with Crippen LogP contribution in [0.3, 0.4) is 0 Å². The summed E-state index contributed by atoms with van der Waals surface area (Å²) in [5.74, 6) is -1.40. The summed E-state index contributed by atoms with van der Waals surface area (Å²) in [5, 5.41) is 11.7. The highest BCUT2D eigenvalue weighted by atomic mass is 19.4. The van der Waals surface area contributed by atoms with Crippen LogP contribution in [0.1, 0.15) is 43.2 Å². The van der Waals surface area contributed by atoms with Crippen LogP contribution in [0.25, 0.3) is 5.69 Å². The number of hydrogen-bond donors (Lipinski definition) is 2. The molecule has 8 heteroatoms. The van der Waals surface area contributed by atoms with Gasteiger partial charge in [0.15, 0.2) is 0 Å². The first-order valence-electron chi connectivity index (χ1n) is 9.55. The second kappa shape index (κ2) is 8.67. The molecule has 31 heavy (non-hydrogen) atoms. The van der Waals surface area contributed by atoms with Crippen molar-refractivity contribution < 1.29 is 27.9 Å². The minimum atomic E-state index is -4.52. The van der Waals surface area contributed by atoms with E-state index in [9.17, 15) is 22.8 Å². The number of halogens is 3. The Balaban J connectivity index is 1.76. The van der Waals surface area contributed by atoms with E-state index in [0.29, 0.717) is 29.9 Å². The molecule has 1 heterocycles. The number of rotatable bonds is 6. The van der Waals surface area contributed by atoms with Crippen molar-refractivity contribution >= 4 is 11.9 Å². The van der Waals surface area contributed by atoms with Gasteiger partial charge in [0, 0.05) is 17.9 Å². The van der Waals surface area contributed by atoms with Gasteiger partial charge in [-0.25, -0.2) is 4.79 Å². The topological polar surface area (TPSA) is 71.3 Å². The van der Waals surface area contributed by atoms with Crippen molar-refractivity contribution in [1.29, 1.82) is 0 Å². The minimum Gasteiger partial charge on any atom is -0.478 e. The van der Waals surface area contributed by atoms with Crippen molar-refractivity contribution in [3.63, 3.8) is 0 Å². The highest BCUT2D eigenvalue weighted by molar-refractivity contribution is 5.96. The molecule has 1 amide bonds. The number of aryl methyl sites for hydroxylation is 1. The summed E-state index contributed by atoms with van der Waals surface area (Å²) >= 11 is 0. The van der Waals surface area contributed by atoms with E-state index < -0.39 is 17.7 Å². The molecule has 162 valence electrons. The fourth-order valence-corrected chi connectivity index (χ4v) is 3.50. The molecule has 0 spiro atoms. The molecule has 3 aromatic rings. The lowest BCUT2D eigenvalue weighted by Gasteiger charge is -2.16. The molecule has 0 unspecified atom stereocenters. The van der Waals surface area contributed by atoms with Crippen LogP contribution < -0.4 is 5.32 Å². The summed E-state index contributed by atoms with van der Waals surface area (Å²) < 4.78 is 41.7. The maximum absolute atomic E-state index is 13.4. The third-order valence-corrected chi connectivity index (χ3v) is 5.03. The van der Waals surface area contributed by atoms with Gasteiger partial charge in [0.2, 0.25) is 0 Å². The van der Waals surface area contributed by atoms with E-state index in [1.165, 1.54) is 34.9 Å². The standard InChI is InChI=1S/C23H21F3N2O3/c1-14-13-18(15(2)28(14)20-6-4-3-5-19(20)23(24,25)26)21(29)27-12-11-16-7-9-17(10-8-16)22(30)31/h3-10,13H,11-12H2,1-2H3,(H,27,29)(H,30,31). The number of aromatic carboxylic acids is 1. The van der Waals surface area contributed by atoms with Gasteiger partial charge in [0.1, 0.15) is 0 Å². The molecule has 0 radical (unpaired) electrons. The lowest BCUT2D eigenvalue weighted by molar-refractivity contribution is -0.137. The summed E-state index contributed by atoms with van der Waals surface area (Å²) in [5.41, 5.74) is 1.47. The number of nitrogens with zero attached hydrogens (tertiary/aromatic N) is 1. The number of para-hydroxylation sites is 1. The zero-order chi connectivity index (χ0) is 22.8. The second-order valence-corrected chi connectivity index (χ2v) is 7.14. The lowest BCUT2D eigenvalue weighted by atomic mass is 10.1. The number of carbonyl (C=O) groups is 2. The summed E-state index contributed by atoms with van der Waals surface area (Å²) in [7, 11) is 0. The fraction of sp³-hybridized carbons (Fsp3) is 0.217. The molecule has 0 aliphatic heterocycles. The average molecular weight is 430 g/mol. The van der Waals surface area contributed by atoms with Gasteiger partial charge >= 0.3 is 12.1 Å². The van der Waals surface area contributed by atoms with Crippen LogP contribution in [0.2, 0.25) is 0 Å². The predicted molar refractivity (Wildman–Crippen MR) is 110 cm³/mol. The molecule has 0 fully saturated rings. The van der Waals surface area contributed by atoms with Crippen molar-refractivity contribution in [1.82, 2.24) is 9.88 Å². The maximum Gasteiger partial charge on any atom is 0.418 e. The molecule has 2 aromatic carbocycles. The van der Waals surface area contributed by atoms with E-state index in [0.717, 1.165) is 11.6 Å². The van der Waals surface area contributed by atoms with Gasteiger partial charge in [-0.15, -0.1) is 0 Å². The SMILES string of the molecule is Cc1cc(C(=O)NCCc2ccc(C(=O)O)cc2)c(C)n1-c1ccccc1C(F)(F)F. The number of hydrogen-bond acceptors (Lipinski definition) is 2. The number of amides is 1. The summed E-state index contributed by atoms with van der Waals surface area (Å²) in [6.07, 6.45) is -4.03. The van der Waals surface area contributed by atoms with Crippen LogP contribution in [0, 0.1) is 13.8 Å². The second-order valence-electron chi connectivity index (χ2n) is 7.14. The van der Waals surface area contributed by atoms with Crippen molar-refractivity contribution in [3.05, 3.63) is 88.2 Å². The molecule has 0 aliphatic carbocycles. The molecule has 0 atom stereocenters. The van der Waals surface area contributed by atoms with Crippen LogP contribution in [-0.4, -0.2) is 28.1 Å². The zero-order valence-corrected chi connectivity index (χ0v) is 17.0. The largest absolute Gasteiger partial charge is 0.478 e. The molecule has 5 nitrogen and oxygen atoms in total. The van der Waals surface area contributed by atoms with Gasteiger partial charge in [0.05, 0.1) is 22.4 Å². The van der Waals surface area contributed by atoms with Crippen LogP contribution in [0.15, 0.2) is 54.6 Å². The first-order valence-corrected chi connectivity index (χ1v) is 9.55. The molecule has 0 saturated carbocycles. The molecule has 0 aliphatic rings. The lowest BCUT2D eigenvalue weighted by Crippen LogP contribution is -2.26. The summed E-state index contributed by atoms with van der Waals surface area (Å²) in [6, 6.07) is 13.2. The van der Waals surface area contributed by atoms with Gasteiger partial charge in [-0.2, -0.15) is 13.2 Å². The number of nitrogens with one attached hydrogen (secondary N) is 1. The van der Waals surface area contributed by atoms with Crippen LogP contribution in [0.4, 0.5) is 13.2 Å². The normalized spacial score (nSPS) is 11.4. The van der Waals surface area contributed by atoms with Crippen molar-refractivity contribution in [2.75, 3.05) is 6.54 Å². The average Bonchev–Trinajstić information content (AvgIpc) is 3.01. The highest BCUT2D eigenvalue weighted by Crippen LogP contribution is 2.35. The Morgan fingerprint density at radius 3 is 2.29 bits per heavy atom. The van der Waals surface area contributed by atoms with Gasteiger partial charge in [-0.3, -0.25) is 4.79 Å². The predicted octanol–water partition coefficient (Wildman–Crippen LogP) is 4.78. The number of benzene rings is 2. The number of carboxylic acid groups (broad SMARTS) is 1. The van der Waals surface area contributed by atoms with E-state index >= 15 is 0 Å². The highest BCUT2D eigenvalue weighted by Gasteiger charge is 2.34. The molecule has 3 rings (SSSR count). The summed E-state index contributed by atoms with van der Waals surface area (Å²) in [6.45, 7) is 3.56. The molecular weight excluding hydrogens is 409 g/mol. The van der Waals surface area contributed by atoms with Crippen LogP contribution in [-0.2, 0) is 12.6 Å². The fourth-order valence-electron chi connectivity index (χ4n) is 3.50. The number of carboxylic acids is 1. The number of aromatic nitrogens is 1. The molecule has 0 bridgehead atoms. The van der Waals surface area contributed by atoms with Crippen LogP contribution in [0.5, 0.6) is 0 Å². The number of carbonyl (C=O) groups excluding carboxylic acids is 1. The Labute approximate surface area is 177 Å². The first kappa shape index (κ1) is 22.1. The minimum absolute atomic E-state index is 0.0254. The van der Waals surface area contributed by atoms with E-state index in [1.54, 1.807) is 32.0 Å². The van der Waals surface area contributed by atoms with Crippen molar-refractivity contribution in [3.8, 4) is 5.69 Å². The van der Waals surface area contributed by atoms with E-state index in [4.69, 9.17) is 5.11 Å². The smallest absolute Gasteiger partial charge is 0.418 e. The Morgan fingerprint density at radius 1 is 1.03 bits per heavy atom. The monoisotopic (exact) mass is 430 g/mol. The Hall–Kier alpha value is -3.55. The van der Waals surface area contributed by atoms with Gasteiger partial charge in [0.25, 0.3) is 5.91 Å². The van der Waals surface area contributed by atoms with Crippen LogP contribution >= 0.6 is 0 Å². The number of alkyl halides is 3. The van der Waals surface area contributed by atoms with Crippen molar-refractivity contribution in [2.45, 2.75) is 26.4 Å². The molecule has 0 saturated heterocycles. The molecule has 1 aromatic heterocycles. The Morgan fingerprint density at radius 2 is 1.68 bits per heavy atom. The molecule has 2 N–H and O–H groups in total. The Bertz CT molecular complexity index is 1120. The first-order chi connectivity index (χ1) is 14.6. The quantitative estimate of drug-likeness (QED) is 0.591. The van der Waals surface area contributed by atoms with Gasteiger partial charge < -0.3 is 15.0 Å². The third-order valence-electron chi connectivity index (χ3n) is 5.03. The zero-order valence-electron chi connectivity index (χ0n) is 17.0. The maximum atomic E-state index is 13.4. The van der Waals surface area contributed by atoms with Gasteiger partial charge in [-0.1, -0.05) is 24.3 Å².